The lowest BCUT2D eigenvalue weighted by molar-refractivity contribution is -0.261. The van der Waals surface area contributed by atoms with Crippen LogP contribution < -0.4 is 0 Å². The van der Waals surface area contributed by atoms with Gasteiger partial charge in [-0.3, -0.25) is 9.13 Å². The highest BCUT2D eigenvalue weighted by atomic mass is 31.2. The quantitative estimate of drug-likeness (QED) is 0.213. The van der Waals surface area contributed by atoms with Gasteiger partial charge in [-0.1, -0.05) is 0 Å². The van der Waals surface area contributed by atoms with E-state index in [1.54, 1.807) is 0 Å². The summed E-state index contributed by atoms with van der Waals surface area (Å²) in [6.07, 6.45) is -12.2. The first kappa shape index (κ1) is 18.1. The highest BCUT2D eigenvalue weighted by Gasteiger charge is 2.75. The topological polar surface area (TPSA) is 236 Å². The third-order valence-electron chi connectivity index (χ3n) is 3.27. The van der Waals surface area contributed by atoms with Crippen LogP contribution in [0.4, 0.5) is 0 Å². The van der Waals surface area contributed by atoms with Crippen LogP contribution in [0.25, 0.3) is 0 Å². The van der Waals surface area contributed by atoms with E-state index < -0.39 is 50.3 Å². The molecule has 0 aliphatic heterocycles. The zero-order chi connectivity index (χ0) is 16.3. The van der Waals surface area contributed by atoms with Crippen molar-refractivity contribution in [2.75, 3.05) is 0 Å². The molecule has 6 atom stereocenters. The molecule has 20 heavy (non-hydrogen) atoms. The molecule has 12 nitrogen and oxygen atoms in total. The molecule has 0 saturated heterocycles. The van der Waals surface area contributed by atoms with Gasteiger partial charge in [0.2, 0.25) is 10.7 Å². The average Bonchev–Trinajstić information content (AvgIpc) is 2.28. The van der Waals surface area contributed by atoms with Crippen molar-refractivity contribution in [3.8, 4) is 0 Å². The molecule has 0 aromatic carbocycles. The highest BCUT2D eigenvalue weighted by molar-refractivity contribution is 7.54. The Hall–Kier alpha value is 0.0600. The first-order valence-electron chi connectivity index (χ1n) is 4.91. The number of rotatable bonds is 2. The molecule has 2 unspecified atom stereocenters. The summed E-state index contributed by atoms with van der Waals surface area (Å²) < 4.78 is 22.2. The molecule has 1 aliphatic carbocycles. The van der Waals surface area contributed by atoms with E-state index in [-0.39, 0.29) is 0 Å². The summed E-state index contributed by atoms with van der Waals surface area (Å²) in [5.41, 5.74) is 0. The summed E-state index contributed by atoms with van der Waals surface area (Å²) in [6, 6.07) is 0. The van der Waals surface area contributed by atoms with E-state index in [0.29, 0.717) is 0 Å². The Bertz CT molecular complexity index is 418. The summed E-state index contributed by atoms with van der Waals surface area (Å²) in [6.45, 7) is 0. The van der Waals surface area contributed by atoms with Crippen LogP contribution in [-0.4, -0.2) is 85.3 Å². The van der Waals surface area contributed by atoms with Crippen LogP contribution in [0.1, 0.15) is 0 Å². The SMILES string of the molecule is O=P(O)(O)C1(O)[C@H](O)[C@@H](O)C(O)(P(=O)(O)O)[C@@H](O)[C@H]1O. The fourth-order valence-corrected chi connectivity index (χ4v) is 3.91. The van der Waals surface area contributed by atoms with E-state index in [4.69, 9.17) is 19.6 Å². The fourth-order valence-electron chi connectivity index (χ4n) is 1.97. The normalized spacial score (nSPS) is 47.3. The van der Waals surface area contributed by atoms with Crippen molar-refractivity contribution in [1.29, 1.82) is 0 Å². The monoisotopic (exact) mass is 340 g/mol. The van der Waals surface area contributed by atoms with Crippen molar-refractivity contribution in [3.63, 3.8) is 0 Å². The van der Waals surface area contributed by atoms with Gasteiger partial charge >= 0.3 is 15.2 Å². The van der Waals surface area contributed by atoms with Gasteiger partial charge in [-0.25, -0.2) is 0 Å². The third kappa shape index (κ3) is 2.10. The molecule has 0 spiro atoms. The van der Waals surface area contributed by atoms with Crippen LogP contribution in [-0.2, 0) is 9.13 Å². The molecular formula is C6H14O12P2. The molecular weight excluding hydrogens is 326 g/mol. The van der Waals surface area contributed by atoms with Crippen molar-refractivity contribution < 1.29 is 59.3 Å². The molecule has 1 aliphatic rings. The molecule has 0 bridgehead atoms. The van der Waals surface area contributed by atoms with E-state index in [2.05, 4.69) is 0 Å². The third-order valence-corrected chi connectivity index (χ3v) is 6.20. The van der Waals surface area contributed by atoms with E-state index in [1.807, 2.05) is 0 Å². The standard InChI is InChI=1S/C6H14O12P2/c7-1-2(8)6(12,20(16,17)18)4(10)3(9)5(1,11)19(13,14)15/h1-4,7-12H,(H2,13,14,15)(H2,16,17,18)/t1-,2-,3-,4+,5?,6?/m1/s1. The predicted octanol–water partition coefficient (Wildman–Crippen LogP) is -4.82. The van der Waals surface area contributed by atoms with Crippen LogP contribution in [0.3, 0.4) is 0 Å². The summed E-state index contributed by atoms with van der Waals surface area (Å²) >= 11 is 0. The number of hydrogen-bond acceptors (Lipinski definition) is 8. The van der Waals surface area contributed by atoms with Gasteiger partial charge < -0.3 is 50.2 Å². The maximum Gasteiger partial charge on any atom is 0.362 e. The Morgan fingerprint density at radius 2 is 0.750 bits per heavy atom. The van der Waals surface area contributed by atoms with E-state index in [9.17, 15) is 39.8 Å². The minimum atomic E-state index is -5.78. The first-order chi connectivity index (χ1) is 8.63. The van der Waals surface area contributed by atoms with Gasteiger partial charge in [0.05, 0.1) is 0 Å². The predicted molar refractivity (Wildman–Crippen MR) is 58.0 cm³/mol. The minimum absolute atomic E-state index is 3.06. The molecule has 1 fully saturated rings. The summed E-state index contributed by atoms with van der Waals surface area (Å²) in [7, 11) is -11.6. The molecule has 0 amide bonds. The van der Waals surface area contributed by atoms with Crippen molar-refractivity contribution in [2.24, 2.45) is 0 Å². The van der Waals surface area contributed by atoms with Gasteiger partial charge in [-0.15, -0.1) is 0 Å². The summed E-state index contributed by atoms with van der Waals surface area (Å²) in [5, 5.41) is 49.4. The zero-order valence-corrected chi connectivity index (χ0v) is 11.3. The molecule has 0 radical (unpaired) electrons. The summed E-state index contributed by atoms with van der Waals surface area (Å²) in [5.74, 6) is 0. The van der Waals surface area contributed by atoms with Crippen molar-refractivity contribution in [2.45, 2.75) is 35.1 Å². The maximum atomic E-state index is 11.1. The van der Waals surface area contributed by atoms with Crippen molar-refractivity contribution in [1.82, 2.24) is 0 Å². The second kappa shape index (κ2) is 4.78. The van der Waals surface area contributed by atoms with E-state index in [0.717, 1.165) is 0 Å². The van der Waals surface area contributed by atoms with Gasteiger partial charge in [0.25, 0.3) is 0 Å². The molecule has 14 heteroatoms. The van der Waals surface area contributed by atoms with Gasteiger partial charge in [-0.05, 0) is 0 Å². The average molecular weight is 340 g/mol. The van der Waals surface area contributed by atoms with E-state index in [1.165, 1.54) is 0 Å². The van der Waals surface area contributed by atoms with Crippen molar-refractivity contribution in [3.05, 3.63) is 0 Å². The molecule has 120 valence electrons. The van der Waals surface area contributed by atoms with Gasteiger partial charge in [0.1, 0.15) is 24.4 Å². The number of aliphatic hydroxyl groups is 6. The van der Waals surface area contributed by atoms with Crippen LogP contribution in [0.15, 0.2) is 0 Å². The fraction of sp³-hybridized carbons (Fsp3) is 1.00. The summed E-state index contributed by atoms with van der Waals surface area (Å²) in [4.78, 5) is 35.6. The van der Waals surface area contributed by atoms with Crippen LogP contribution in [0.5, 0.6) is 0 Å². The molecule has 0 heterocycles. The lowest BCUT2D eigenvalue weighted by atomic mass is 9.83. The maximum absolute atomic E-state index is 11.1. The van der Waals surface area contributed by atoms with Gasteiger partial charge in [0.15, 0.2) is 0 Å². The lowest BCUT2D eigenvalue weighted by Crippen LogP contribution is -2.75. The largest absolute Gasteiger partial charge is 0.386 e. The van der Waals surface area contributed by atoms with Crippen molar-refractivity contribution >= 4 is 15.2 Å². The van der Waals surface area contributed by atoms with Crippen LogP contribution in [0, 0.1) is 0 Å². The molecule has 10 N–H and O–H groups in total. The second-order valence-electron chi connectivity index (χ2n) is 4.43. The number of aliphatic hydroxyl groups excluding tert-OH is 4. The smallest absolute Gasteiger partial charge is 0.362 e. The zero-order valence-electron chi connectivity index (χ0n) is 9.49. The number of hydrogen-bond donors (Lipinski definition) is 10. The lowest BCUT2D eigenvalue weighted by Gasteiger charge is -2.52. The Morgan fingerprint density at radius 3 is 0.850 bits per heavy atom. The molecule has 0 aromatic heterocycles. The highest BCUT2D eigenvalue weighted by Crippen LogP contribution is 2.63. The van der Waals surface area contributed by atoms with E-state index >= 15 is 0 Å². The Balaban J connectivity index is 3.52. The molecule has 0 aromatic rings. The first-order valence-corrected chi connectivity index (χ1v) is 8.14. The van der Waals surface area contributed by atoms with Gasteiger partial charge in [-0.2, -0.15) is 0 Å². The van der Waals surface area contributed by atoms with Gasteiger partial charge in [0, 0.05) is 0 Å². The van der Waals surface area contributed by atoms with Crippen LogP contribution in [0.2, 0.25) is 0 Å². The Labute approximate surface area is 110 Å². The molecule has 1 rings (SSSR count). The molecule has 1 saturated carbocycles. The second-order valence-corrected chi connectivity index (χ2v) is 8.04. The van der Waals surface area contributed by atoms with Crippen LogP contribution >= 0.6 is 15.2 Å². The Morgan fingerprint density at radius 1 is 0.600 bits per heavy atom. The Kier molecular flexibility index (Phi) is 4.33. The minimum Gasteiger partial charge on any atom is -0.386 e.